The number of furan rings is 1. The lowest BCUT2D eigenvalue weighted by atomic mass is 10.0. The van der Waals surface area contributed by atoms with E-state index in [0.717, 1.165) is 5.56 Å². The Balaban J connectivity index is 2.25. The monoisotopic (exact) mass is 352 g/mol. The summed E-state index contributed by atoms with van der Waals surface area (Å²) in [6, 6.07) is 8.40. The third-order valence-corrected chi connectivity index (χ3v) is 4.02. The molecular weight excluding hydrogens is 332 g/mol. The molecule has 0 atom stereocenters. The summed E-state index contributed by atoms with van der Waals surface area (Å²) < 4.78 is 7.06. The summed E-state index contributed by atoms with van der Waals surface area (Å²) in [4.78, 5) is 28.6. The van der Waals surface area contributed by atoms with E-state index in [9.17, 15) is 9.59 Å². The standard InChI is InChI=1S/C19H20N4O3/c1-3-21-19(25)14-10-13(12-7-8-16(24)23(4-2)11-12)17(22-18(14)20)15-6-5-9-26-15/h5-11H,3-4H2,1-2H3,(H2,20,22)(H,21,25). The molecule has 0 spiro atoms. The number of pyridine rings is 2. The van der Waals surface area contributed by atoms with Crippen LogP contribution in [0.25, 0.3) is 22.6 Å². The molecule has 1 amide bonds. The number of nitrogens with two attached hydrogens (primary N) is 1. The molecule has 3 heterocycles. The molecule has 0 saturated carbocycles. The van der Waals surface area contributed by atoms with Crippen molar-refractivity contribution in [1.29, 1.82) is 0 Å². The number of anilines is 1. The first kappa shape index (κ1) is 17.5. The predicted octanol–water partition coefficient (Wildman–Crippen LogP) is 2.52. The van der Waals surface area contributed by atoms with Crippen molar-refractivity contribution in [2.45, 2.75) is 20.4 Å². The Morgan fingerprint density at radius 2 is 2.12 bits per heavy atom. The van der Waals surface area contributed by atoms with Crippen molar-refractivity contribution in [1.82, 2.24) is 14.9 Å². The smallest absolute Gasteiger partial charge is 0.255 e. The molecule has 0 bridgehead atoms. The van der Waals surface area contributed by atoms with E-state index in [1.165, 1.54) is 6.07 Å². The molecule has 3 rings (SSSR count). The lowest BCUT2D eigenvalue weighted by molar-refractivity contribution is 0.0956. The molecule has 3 aromatic rings. The maximum absolute atomic E-state index is 12.3. The first-order chi connectivity index (χ1) is 12.5. The molecular formula is C19H20N4O3. The van der Waals surface area contributed by atoms with Gasteiger partial charge in [-0.3, -0.25) is 9.59 Å². The lowest BCUT2D eigenvalue weighted by Gasteiger charge is -2.13. The Kier molecular flexibility index (Phi) is 4.88. The van der Waals surface area contributed by atoms with E-state index in [4.69, 9.17) is 10.2 Å². The molecule has 0 fully saturated rings. The van der Waals surface area contributed by atoms with Gasteiger partial charge >= 0.3 is 0 Å². The van der Waals surface area contributed by atoms with Gasteiger partial charge in [-0.15, -0.1) is 0 Å². The van der Waals surface area contributed by atoms with Gasteiger partial charge < -0.3 is 20.0 Å². The summed E-state index contributed by atoms with van der Waals surface area (Å²) in [7, 11) is 0. The van der Waals surface area contributed by atoms with Crippen molar-refractivity contribution in [3.63, 3.8) is 0 Å². The fourth-order valence-electron chi connectivity index (χ4n) is 2.72. The van der Waals surface area contributed by atoms with Gasteiger partial charge in [-0.1, -0.05) is 0 Å². The quantitative estimate of drug-likeness (QED) is 0.734. The number of rotatable bonds is 5. The van der Waals surface area contributed by atoms with Crippen LogP contribution in [0.2, 0.25) is 0 Å². The minimum absolute atomic E-state index is 0.0943. The van der Waals surface area contributed by atoms with Crippen molar-refractivity contribution < 1.29 is 9.21 Å². The van der Waals surface area contributed by atoms with E-state index < -0.39 is 0 Å². The molecule has 0 radical (unpaired) electrons. The van der Waals surface area contributed by atoms with Gasteiger partial charge in [0.05, 0.1) is 11.8 Å². The average molecular weight is 352 g/mol. The number of carbonyl (C=O) groups is 1. The maximum Gasteiger partial charge on any atom is 0.255 e. The van der Waals surface area contributed by atoms with E-state index in [0.29, 0.717) is 30.1 Å². The van der Waals surface area contributed by atoms with Gasteiger partial charge in [0.2, 0.25) is 0 Å². The van der Waals surface area contributed by atoms with Crippen LogP contribution in [0.1, 0.15) is 24.2 Å². The summed E-state index contributed by atoms with van der Waals surface area (Å²) in [6.07, 6.45) is 3.28. The minimum atomic E-state index is -0.298. The van der Waals surface area contributed by atoms with Crippen LogP contribution in [0.3, 0.4) is 0 Å². The number of hydrogen-bond donors (Lipinski definition) is 2. The Hall–Kier alpha value is -3.35. The SMILES string of the molecule is CCNC(=O)c1cc(-c2ccc(=O)n(CC)c2)c(-c2ccco2)nc1N. The first-order valence-electron chi connectivity index (χ1n) is 8.38. The highest BCUT2D eigenvalue weighted by Crippen LogP contribution is 2.33. The van der Waals surface area contributed by atoms with Gasteiger partial charge in [0.15, 0.2) is 5.76 Å². The highest BCUT2D eigenvalue weighted by molar-refractivity contribution is 6.00. The summed E-state index contributed by atoms with van der Waals surface area (Å²) in [6.45, 7) is 4.74. The molecule has 0 aliphatic rings. The zero-order valence-electron chi connectivity index (χ0n) is 14.7. The highest BCUT2D eigenvalue weighted by atomic mass is 16.3. The second-order valence-electron chi connectivity index (χ2n) is 5.70. The molecule has 3 aromatic heterocycles. The number of hydrogen-bond acceptors (Lipinski definition) is 5. The molecule has 3 N–H and O–H groups in total. The molecule has 7 nitrogen and oxygen atoms in total. The van der Waals surface area contributed by atoms with Crippen molar-refractivity contribution in [2.75, 3.05) is 12.3 Å². The zero-order chi connectivity index (χ0) is 18.7. The summed E-state index contributed by atoms with van der Waals surface area (Å²) >= 11 is 0. The molecule has 0 saturated heterocycles. The zero-order valence-corrected chi connectivity index (χ0v) is 14.7. The van der Waals surface area contributed by atoms with Crippen LogP contribution in [0.15, 0.2) is 52.0 Å². The summed E-state index contributed by atoms with van der Waals surface area (Å²) in [5, 5.41) is 2.73. The van der Waals surface area contributed by atoms with Crippen LogP contribution in [0, 0.1) is 0 Å². The Labute approximate surface area is 150 Å². The van der Waals surface area contributed by atoms with Crippen LogP contribution in [0.4, 0.5) is 5.82 Å². The third kappa shape index (κ3) is 3.23. The van der Waals surface area contributed by atoms with E-state index >= 15 is 0 Å². The lowest BCUT2D eigenvalue weighted by Crippen LogP contribution is -2.24. The van der Waals surface area contributed by atoms with Crippen LogP contribution in [-0.4, -0.2) is 22.0 Å². The number of aryl methyl sites for hydroxylation is 1. The predicted molar refractivity (Wildman–Crippen MR) is 99.7 cm³/mol. The van der Waals surface area contributed by atoms with Gasteiger partial charge in [-0.05, 0) is 38.1 Å². The Morgan fingerprint density at radius 3 is 2.77 bits per heavy atom. The Morgan fingerprint density at radius 1 is 1.31 bits per heavy atom. The first-order valence-corrected chi connectivity index (χ1v) is 8.38. The highest BCUT2D eigenvalue weighted by Gasteiger charge is 2.19. The van der Waals surface area contributed by atoms with E-state index in [1.54, 1.807) is 41.3 Å². The van der Waals surface area contributed by atoms with Gasteiger partial charge in [0.1, 0.15) is 11.5 Å². The topological polar surface area (TPSA) is 103 Å². The van der Waals surface area contributed by atoms with Gasteiger partial charge in [-0.2, -0.15) is 0 Å². The van der Waals surface area contributed by atoms with Gasteiger partial charge in [-0.25, -0.2) is 4.98 Å². The van der Waals surface area contributed by atoms with E-state index in [-0.39, 0.29) is 22.8 Å². The van der Waals surface area contributed by atoms with Gasteiger partial charge in [0.25, 0.3) is 11.5 Å². The molecule has 0 unspecified atom stereocenters. The minimum Gasteiger partial charge on any atom is -0.463 e. The van der Waals surface area contributed by atoms with Gasteiger partial charge in [0, 0.05) is 36.5 Å². The molecule has 0 aliphatic carbocycles. The Bertz CT molecular complexity index is 991. The number of nitrogens with one attached hydrogen (secondary N) is 1. The molecule has 26 heavy (non-hydrogen) atoms. The van der Waals surface area contributed by atoms with Crippen LogP contribution in [-0.2, 0) is 6.54 Å². The van der Waals surface area contributed by atoms with Crippen LogP contribution in [0.5, 0.6) is 0 Å². The largest absolute Gasteiger partial charge is 0.463 e. The third-order valence-electron chi connectivity index (χ3n) is 4.02. The molecule has 134 valence electrons. The van der Waals surface area contributed by atoms with Crippen molar-refractivity contribution in [2.24, 2.45) is 0 Å². The van der Waals surface area contributed by atoms with Crippen LogP contribution >= 0.6 is 0 Å². The maximum atomic E-state index is 12.3. The number of nitrogens with zero attached hydrogens (tertiary/aromatic N) is 2. The number of nitrogen functional groups attached to an aromatic ring is 1. The molecule has 0 aromatic carbocycles. The normalized spacial score (nSPS) is 10.7. The van der Waals surface area contributed by atoms with Crippen molar-refractivity contribution in [3.8, 4) is 22.6 Å². The fraction of sp³-hybridized carbons (Fsp3) is 0.211. The molecule has 7 heteroatoms. The second-order valence-corrected chi connectivity index (χ2v) is 5.70. The second kappa shape index (κ2) is 7.26. The summed E-state index contributed by atoms with van der Waals surface area (Å²) in [5.41, 5.74) is 8.13. The summed E-state index contributed by atoms with van der Waals surface area (Å²) in [5.74, 6) is 0.354. The number of amides is 1. The number of carbonyl (C=O) groups excluding carboxylic acids is 1. The van der Waals surface area contributed by atoms with Crippen molar-refractivity contribution in [3.05, 3.63) is 58.7 Å². The van der Waals surface area contributed by atoms with Crippen molar-refractivity contribution >= 4 is 11.7 Å². The fourth-order valence-corrected chi connectivity index (χ4v) is 2.72. The van der Waals surface area contributed by atoms with E-state index in [2.05, 4.69) is 10.3 Å². The number of aromatic nitrogens is 2. The van der Waals surface area contributed by atoms with Crippen LogP contribution < -0.4 is 16.6 Å². The van der Waals surface area contributed by atoms with E-state index in [1.807, 2.05) is 13.8 Å². The average Bonchev–Trinajstić information content (AvgIpc) is 3.16. The molecule has 0 aliphatic heterocycles.